The van der Waals surface area contributed by atoms with Gasteiger partial charge in [0.05, 0.1) is 16.4 Å². The van der Waals surface area contributed by atoms with Gasteiger partial charge in [0.25, 0.3) is 0 Å². The molecule has 4 nitrogen and oxygen atoms in total. The summed E-state index contributed by atoms with van der Waals surface area (Å²) in [4.78, 5) is 0. The lowest BCUT2D eigenvalue weighted by Gasteiger charge is -2.26. The molecule has 1 aromatic heterocycles. The highest BCUT2D eigenvalue weighted by Gasteiger charge is 2.29. The van der Waals surface area contributed by atoms with Gasteiger partial charge in [0, 0.05) is 13.1 Å². The first-order valence-electron chi connectivity index (χ1n) is 6.53. The summed E-state index contributed by atoms with van der Waals surface area (Å²) in [5.74, 6) is 0.574. The average Bonchev–Trinajstić information content (AvgIpc) is 2.60. The van der Waals surface area contributed by atoms with Crippen molar-refractivity contribution in [2.75, 3.05) is 13.1 Å². The van der Waals surface area contributed by atoms with E-state index in [0.29, 0.717) is 12.5 Å². The largest absolute Gasteiger partial charge is 0.382 e. The van der Waals surface area contributed by atoms with E-state index >= 15 is 0 Å². The lowest BCUT2D eigenvalue weighted by Crippen LogP contribution is -2.39. The Morgan fingerprint density at radius 3 is 2.78 bits per heavy atom. The molecule has 18 heavy (non-hydrogen) atoms. The van der Waals surface area contributed by atoms with E-state index in [9.17, 15) is 5.11 Å². The van der Waals surface area contributed by atoms with Gasteiger partial charge in [0.15, 0.2) is 0 Å². The molecule has 1 aromatic rings. The van der Waals surface area contributed by atoms with Crippen LogP contribution in [0.25, 0.3) is 0 Å². The topological polar surface area (TPSA) is 50.1 Å². The van der Waals surface area contributed by atoms with Gasteiger partial charge in [-0.1, -0.05) is 20.8 Å². The molecule has 0 aliphatic heterocycles. The highest BCUT2D eigenvalue weighted by Crippen LogP contribution is 2.28. The summed E-state index contributed by atoms with van der Waals surface area (Å²) >= 11 is 3.47. The fraction of sp³-hybridized carbons (Fsp3) is 0.769. The Labute approximate surface area is 118 Å². The minimum atomic E-state index is -0.917. The molecule has 5 heteroatoms. The van der Waals surface area contributed by atoms with Crippen LogP contribution in [-0.2, 0) is 12.1 Å². The molecule has 1 rings (SSSR count). The molecule has 1 atom stereocenters. The lowest BCUT2D eigenvalue weighted by atomic mass is 10.0. The zero-order chi connectivity index (χ0) is 13.8. The van der Waals surface area contributed by atoms with Crippen molar-refractivity contribution in [2.45, 2.75) is 46.3 Å². The molecule has 0 fully saturated rings. The summed E-state index contributed by atoms with van der Waals surface area (Å²) in [5, 5.41) is 18.2. The SMILES string of the molecule is CCCn1ncc(Br)c1C(C)(O)CNCC(C)C. The molecule has 0 aliphatic carbocycles. The molecule has 1 unspecified atom stereocenters. The molecule has 0 amide bonds. The van der Waals surface area contributed by atoms with Crippen molar-refractivity contribution in [3.05, 3.63) is 16.4 Å². The first-order chi connectivity index (χ1) is 8.38. The molecular formula is C13H24BrN3O. The number of aromatic nitrogens is 2. The van der Waals surface area contributed by atoms with E-state index in [0.717, 1.165) is 29.7 Å². The van der Waals surface area contributed by atoms with Gasteiger partial charge in [-0.2, -0.15) is 5.10 Å². The van der Waals surface area contributed by atoms with Gasteiger partial charge in [0.2, 0.25) is 0 Å². The summed E-state index contributed by atoms with van der Waals surface area (Å²) in [7, 11) is 0. The number of aryl methyl sites for hydroxylation is 1. The maximum Gasteiger partial charge on any atom is 0.117 e. The third-order valence-electron chi connectivity index (χ3n) is 2.76. The van der Waals surface area contributed by atoms with Crippen LogP contribution in [0.15, 0.2) is 10.7 Å². The Morgan fingerprint density at radius 2 is 2.22 bits per heavy atom. The van der Waals surface area contributed by atoms with Gasteiger partial charge in [-0.25, -0.2) is 0 Å². The smallest absolute Gasteiger partial charge is 0.117 e. The molecule has 0 spiro atoms. The Bertz CT molecular complexity index is 374. The molecule has 0 aromatic carbocycles. The van der Waals surface area contributed by atoms with Crippen molar-refractivity contribution < 1.29 is 5.11 Å². The number of rotatable bonds is 7. The van der Waals surface area contributed by atoms with Crippen LogP contribution in [0.2, 0.25) is 0 Å². The fourth-order valence-corrected chi connectivity index (χ4v) is 2.69. The van der Waals surface area contributed by atoms with Gasteiger partial charge >= 0.3 is 0 Å². The predicted molar refractivity (Wildman–Crippen MR) is 77.5 cm³/mol. The predicted octanol–water partition coefficient (Wildman–Crippen LogP) is 2.51. The summed E-state index contributed by atoms with van der Waals surface area (Å²) < 4.78 is 2.74. The molecule has 0 saturated heterocycles. The summed E-state index contributed by atoms with van der Waals surface area (Å²) in [6, 6.07) is 0. The highest BCUT2D eigenvalue weighted by atomic mass is 79.9. The molecule has 2 N–H and O–H groups in total. The number of nitrogens with one attached hydrogen (secondary N) is 1. The standard InChI is InChI=1S/C13H24BrN3O/c1-5-6-17-12(11(14)8-16-17)13(4,18)9-15-7-10(2)3/h8,10,15,18H,5-7,9H2,1-4H3. The second-order valence-electron chi connectivity index (χ2n) is 5.36. The van der Waals surface area contributed by atoms with Gasteiger partial charge in [-0.3, -0.25) is 4.68 Å². The number of hydrogen-bond acceptors (Lipinski definition) is 3. The van der Waals surface area contributed by atoms with Gasteiger partial charge in [0.1, 0.15) is 5.60 Å². The van der Waals surface area contributed by atoms with Crippen LogP contribution < -0.4 is 5.32 Å². The second kappa shape index (κ2) is 6.68. The average molecular weight is 318 g/mol. The van der Waals surface area contributed by atoms with Crippen LogP contribution in [0.3, 0.4) is 0 Å². The number of nitrogens with zero attached hydrogens (tertiary/aromatic N) is 2. The molecule has 0 saturated carbocycles. The van der Waals surface area contributed by atoms with Crippen molar-refractivity contribution in [1.29, 1.82) is 0 Å². The minimum absolute atomic E-state index is 0.527. The third kappa shape index (κ3) is 4.07. The maximum atomic E-state index is 10.6. The Kier molecular flexibility index (Phi) is 5.82. The van der Waals surface area contributed by atoms with Crippen molar-refractivity contribution >= 4 is 15.9 Å². The van der Waals surface area contributed by atoms with Crippen LogP contribution in [0, 0.1) is 5.92 Å². The summed E-state index contributed by atoms with van der Waals surface area (Å²) in [6.45, 7) is 10.5. The molecular weight excluding hydrogens is 294 g/mol. The van der Waals surface area contributed by atoms with Crippen molar-refractivity contribution in [3.8, 4) is 0 Å². The normalized spacial score (nSPS) is 15.1. The van der Waals surface area contributed by atoms with Crippen LogP contribution in [0.4, 0.5) is 0 Å². The van der Waals surface area contributed by atoms with Gasteiger partial charge in [-0.05, 0) is 41.7 Å². The van der Waals surface area contributed by atoms with Crippen molar-refractivity contribution in [2.24, 2.45) is 5.92 Å². The van der Waals surface area contributed by atoms with Crippen LogP contribution in [0.5, 0.6) is 0 Å². The van der Waals surface area contributed by atoms with Gasteiger partial charge in [-0.15, -0.1) is 0 Å². The summed E-state index contributed by atoms with van der Waals surface area (Å²) in [6.07, 6.45) is 2.75. The first-order valence-corrected chi connectivity index (χ1v) is 7.32. The molecule has 1 heterocycles. The van der Waals surface area contributed by atoms with Crippen LogP contribution in [0.1, 0.15) is 39.8 Å². The summed E-state index contributed by atoms with van der Waals surface area (Å²) in [5.41, 5.74) is -0.0695. The van der Waals surface area contributed by atoms with Crippen molar-refractivity contribution in [1.82, 2.24) is 15.1 Å². The van der Waals surface area contributed by atoms with Gasteiger partial charge < -0.3 is 10.4 Å². The second-order valence-corrected chi connectivity index (χ2v) is 6.22. The lowest BCUT2D eigenvalue weighted by molar-refractivity contribution is 0.0460. The Hall–Kier alpha value is -0.390. The number of aliphatic hydroxyl groups is 1. The quantitative estimate of drug-likeness (QED) is 0.812. The third-order valence-corrected chi connectivity index (χ3v) is 3.34. The van der Waals surface area contributed by atoms with E-state index < -0.39 is 5.60 Å². The monoisotopic (exact) mass is 317 g/mol. The van der Waals surface area contributed by atoms with E-state index in [1.54, 1.807) is 6.20 Å². The van der Waals surface area contributed by atoms with E-state index in [2.05, 4.69) is 47.1 Å². The van der Waals surface area contributed by atoms with E-state index in [1.807, 2.05) is 11.6 Å². The van der Waals surface area contributed by atoms with E-state index in [-0.39, 0.29) is 0 Å². The highest BCUT2D eigenvalue weighted by molar-refractivity contribution is 9.10. The number of halogens is 1. The zero-order valence-electron chi connectivity index (χ0n) is 11.7. The Balaban J connectivity index is 2.79. The molecule has 0 aliphatic rings. The molecule has 0 bridgehead atoms. The maximum absolute atomic E-state index is 10.6. The van der Waals surface area contributed by atoms with E-state index in [1.165, 1.54) is 0 Å². The fourth-order valence-electron chi connectivity index (χ4n) is 1.97. The Morgan fingerprint density at radius 1 is 1.56 bits per heavy atom. The molecule has 104 valence electrons. The van der Waals surface area contributed by atoms with E-state index in [4.69, 9.17) is 0 Å². The minimum Gasteiger partial charge on any atom is -0.382 e. The molecule has 0 radical (unpaired) electrons. The first kappa shape index (κ1) is 15.7. The number of hydrogen-bond donors (Lipinski definition) is 2. The van der Waals surface area contributed by atoms with Crippen molar-refractivity contribution in [3.63, 3.8) is 0 Å². The van der Waals surface area contributed by atoms with Crippen LogP contribution in [-0.4, -0.2) is 28.0 Å². The zero-order valence-corrected chi connectivity index (χ0v) is 13.3. The van der Waals surface area contributed by atoms with Crippen LogP contribution >= 0.6 is 15.9 Å².